The maximum Gasteiger partial charge on any atom is 0.191 e. The zero-order valence-corrected chi connectivity index (χ0v) is 17.4. The summed E-state index contributed by atoms with van der Waals surface area (Å²) in [5.41, 5.74) is 2.33. The first kappa shape index (κ1) is 19.6. The van der Waals surface area contributed by atoms with Crippen LogP contribution in [0.1, 0.15) is 40.9 Å². The summed E-state index contributed by atoms with van der Waals surface area (Å²) in [6.45, 7) is 10.8. The minimum absolute atomic E-state index is 0.647. The molecule has 0 aromatic carbocycles. The molecule has 1 saturated heterocycles. The Morgan fingerprint density at radius 3 is 2.78 bits per heavy atom. The standard InChI is InChI=1S/C20H30N6S/c1-4-21-20(23-10-8-19-25-15(2)16(3)27-19)24-14-17-7-9-22-18(13-17)26-11-5-6-12-26/h7,9,13H,4-6,8,10-12,14H2,1-3H3,(H2,21,23,24). The molecule has 1 aliphatic rings. The highest BCUT2D eigenvalue weighted by Crippen LogP contribution is 2.19. The van der Waals surface area contributed by atoms with Crippen LogP contribution in [0.15, 0.2) is 23.3 Å². The Balaban J connectivity index is 1.55. The fourth-order valence-corrected chi connectivity index (χ4v) is 4.06. The minimum Gasteiger partial charge on any atom is -0.357 e. The fraction of sp³-hybridized carbons (Fsp3) is 0.550. The number of hydrogen-bond acceptors (Lipinski definition) is 5. The fourth-order valence-electron chi connectivity index (χ4n) is 3.12. The molecule has 0 amide bonds. The van der Waals surface area contributed by atoms with Gasteiger partial charge in [0.25, 0.3) is 0 Å². The summed E-state index contributed by atoms with van der Waals surface area (Å²) in [4.78, 5) is 17.5. The van der Waals surface area contributed by atoms with Gasteiger partial charge >= 0.3 is 0 Å². The van der Waals surface area contributed by atoms with Gasteiger partial charge in [0.05, 0.1) is 17.2 Å². The van der Waals surface area contributed by atoms with E-state index < -0.39 is 0 Å². The number of aromatic nitrogens is 2. The van der Waals surface area contributed by atoms with E-state index in [0.29, 0.717) is 6.54 Å². The predicted octanol–water partition coefficient (Wildman–Crippen LogP) is 3.05. The van der Waals surface area contributed by atoms with Crippen LogP contribution in [0.4, 0.5) is 5.82 Å². The highest BCUT2D eigenvalue weighted by Gasteiger charge is 2.13. The van der Waals surface area contributed by atoms with Crippen LogP contribution < -0.4 is 15.5 Å². The van der Waals surface area contributed by atoms with Crippen LogP contribution in [0.5, 0.6) is 0 Å². The van der Waals surface area contributed by atoms with Gasteiger partial charge in [-0.15, -0.1) is 11.3 Å². The van der Waals surface area contributed by atoms with E-state index in [1.165, 1.54) is 28.3 Å². The third-order valence-corrected chi connectivity index (χ3v) is 5.84. The average Bonchev–Trinajstić information content (AvgIpc) is 3.30. The molecular formula is C20H30N6S. The van der Waals surface area contributed by atoms with Gasteiger partial charge in [-0.05, 0) is 51.3 Å². The molecule has 2 aromatic rings. The van der Waals surface area contributed by atoms with Crippen molar-refractivity contribution >= 4 is 23.1 Å². The zero-order valence-electron chi connectivity index (χ0n) is 16.6. The molecule has 3 heterocycles. The van der Waals surface area contributed by atoms with Crippen LogP contribution in [0.2, 0.25) is 0 Å². The van der Waals surface area contributed by atoms with E-state index in [1.807, 2.05) is 12.3 Å². The third kappa shape index (κ3) is 5.66. The Hall–Kier alpha value is -2.15. The number of aryl methyl sites for hydroxylation is 2. The summed E-state index contributed by atoms with van der Waals surface area (Å²) in [6, 6.07) is 4.22. The molecule has 0 atom stereocenters. The van der Waals surface area contributed by atoms with Crippen molar-refractivity contribution in [3.05, 3.63) is 39.5 Å². The second-order valence-electron chi connectivity index (χ2n) is 6.84. The van der Waals surface area contributed by atoms with Crippen LogP contribution >= 0.6 is 11.3 Å². The van der Waals surface area contributed by atoms with Gasteiger partial charge in [0, 0.05) is 43.7 Å². The van der Waals surface area contributed by atoms with Crippen molar-refractivity contribution in [2.24, 2.45) is 4.99 Å². The first-order valence-corrected chi connectivity index (χ1v) is 10.6. The number of nitrogens with one attached hydrogen (secondary N) is 2. The molecule has 0 unspecified atom stereocenters. The van der Waals surface area contributed by atoms with Crippen molar-refractivity contribution in [3.63, 3.8) is 0 Å². The van der Waals surface area contributed by atoms with E-state index in [0.717, 1.165) is 50.1 Å². The van der Waals surface area contributed by atoms with E-state index in [9.17, 15) is 0 Å². The van der Waals surface area contributed by atoms with Gasteiger partial charge in [-0.25, -0.2) is 15.0 Å². The first-order valence-electron chi connectivity index (χ1n) is 9.80. The second-order valence-corrected chi connectivity index (χ2v) is 8.13. The Kier molecular flexibility index (Phi) is 7.04. The molecule has 0 radical (unpaired) electrons. The first-order chi connectivity index (χ1) is 13.2. The van der Waals surface area contributed by atoms with Crippen LogP contribution in [-0.2, 0) is 13.0 Å². The van der Waals surface area contributed by atoms with Gasteiger partial charge in [-0.2, -0.15) is 0 Å². The molecule has 27 heavy (non-hydrogen) atoms. The molecule has 2 N–H and O–H groups in total. The second kappa shape index (κ2) is 9.69. The number of hydrogen-bond donors (Lipinski definition) is 2. The lowest BCUT2D eigenvalue weighted by atomic mass is 10.2. The zero-order chi connectivity index (χ0) is 19.1. The quantitative estimate of drug-likeness (QED) is 0.566. The summed E-state index contributed by atoms with van der Waals surface area (Å²) in [5, 5.41) is 7.92. The lowest BCUT2D eigenvalue weighted by molar-refractivity contribution is 0.795. The summed E-state index contributed by atoms with van der Waals surface area (Å²) in [5.74, 6) is 1.93. The molecule has 0 spiro atoms. The predicted molar refractivity (Wildman–Crippen MR) is 114 cm³/mol. The van der Waals surface area contributed by atoms with E-state index in [4.69, 9.17) is 4.99 Å². The van der Waals surface area contributed by atoms with E-state index in [1.54, 1.807) is 11.3 Å². The molecule has 1 aliphatic heterocycles. The van der Waals surface area contributed by atoms with Crippen LogP contribution in [0.3, 0.4) is 0 Å². The van der Waals surface area contributed by atoms with Crippen molar-refractivity contribution in [2.75, 3.05) is 31.1 Å². The molecule has 0 bridgehead atoms. The lowest BCUT2D eigenvalue weighted by Crippen LogP contribution is -2.38. The molecule has 0 aliphatic carbocycles. The molecular weight excluding hydrogens is 356 g/mol. The number of guanidine groups is 1. The molecule has 146 valence electrons. The van der Waals surface area contributed by atoms with Crippen LogP contribution in [0.25, 0.3) is 0 Å². The smallest absolute Gasteiger partial charge is 0.191 e. The van der Waals surface area contributed by atoms with Gasteiger partial charge < -0.3 is 15.5 Å². The molecule has 7 heteroatoms. The van der Waals surface area contributed by atoms with E-state index >= 15 is 0 Å². The lowest BCUT2D eigenvalue weighted by Gasteiger charge is -2.16. The number of pyridine rings is 1. The summed E-state index contributed by atoms with van der Waals surface area (Å²) < 4.78 is 0. The highest BCUT2D eigenvalue weighted by molar-refractivity contribution is 7.11. The molecule has 0 saturated carbocycles. The molecule has 6 nitrogen and oxygen atoms in total. The van der Waals surface area contributed by atoms with Gasteiger partial charge in [0.2, 0.25) is 0 Å². The maximum atomic E-state index is 4.74. The number of aliphatic imine (C=N–C) groups is 1. The Labute approximate surface area is 166 Å². The summed E-state index contributed by atoms with van der Waals surface area (Å²) in [6.07, 6.45) is 5.33. The highest BCUT2D eigenvalue weighted by atomic mass is 32.1. The number of rotatable bonds is 7. The van der Waals surface area contributed by atoms with Crippen molar-refractivity contribution in [2.45, 2.75) is 46.6 Å². The SMILES string of the molecule is CCNC(=NCc1ccnc(N2CCCC2)c1)NCCc1nc(C)c(C)s1. The Bertz CT molecular complexity index is 744. The van der Waals surface area contributed by atoms with E-state index in [2.05, 4.69) is 52.3 Å². The number of thiazole rings is 1. The van der Waals surface area contributed by atoms with Gasteiger partial charge in [-0.3, -0.25) is 0 Å². The largest absolute Gasteiger partial charge is 0.357 e. The summed E-state index contributed by atoms with van der Waals surface area (Å²) in [7, 11) is 0. The minimum atomic E-state index is 0.647. The Morgan fingerprint density at radius 2 is 2.07 bits per heavy atom. The van der Waals surface area contributed by atoms with Gasteiger partial charge in [0.1, 0.15) is 5.82 Å². The number of nitrogens with zero attached hydrogens (tertiary/aromatic N) is 4. The summed E-state index contributed by atoms with van der Waals surface area (Å²) >= 11 is 1.78. The molecule has 3 rings (SSSR count). The monoisotopic (exact) mass is 386 g/mol. The molecule has 2 aromatic heterocycles. The topological polar surface area (TPSA) is 65.4 Å². The maximum absolute atomic E-state index is 4.74. The van der Waals surface area contributed by atoms with E-state index in [-0.39, 0.29) is 0 Å². The Morgan fingerprint density at radius 1 is 1.26 bits per heavy atom. The van der Waals surface area contributed by atoms with Crippen molar-refractivity contribution < 1.29 is 0 Å². The number of anilines is 1. The third-order valence-electron chi connectivity index (χ3n) is 4.71. The van der Waals surface area contributed by atoms with Crippen molar-refractivity contribution in [3.8, 4) is 0 Å². The van der Waals surface area contributed by atoms with Crippen LogP contribution in [0, 0.1) is 13.8 Å². The normalized spacial score (nSPS) is 14.6. The van der Waals surface area contributed by atoms with Crippen molar-refractivity contribution in [1.82, 2.24) is 20.6 Å². The van der Waals surface area contributed by atoms with Crippen LogP contribution in [-0.4, -0.2) is 42.1 Å². The van der Waals surface area contributed by atoms with Gasteiger partial charge in [0.15, 0.2) is 5.96 Å². The van der Waals surface area contributed by atoms with Gasteiger partial charge in [-0.1, -0.05) is 0 Å². The average molecular weight is 387 g/mol. The van der Waals surface area contributed by atoms with Crippen molar-refractivity contribution in [1.29, 1.82) is 0 Å². The molecule has 1 fully saturated rings.